The van der Waals surface area contributed by atoms with Crippen molar-refractivity contribution in [2.24, 2.45) is 0 Å². The number of fused-ring (bicyclic) bond motifs is 1. The number of rotatable bonds is 2. The molecule has 5 heteroatoms. The predicted molar refractivity (Wildman–Crippen MR) is 82.0 cm³/mol. The number of anilines is 1. The molecular weight excluding hydrogens is 270 g/mol. The third-order valence-electron chi connectivity index (χ3n) is 4.48. The van der Waals surface area contributed by atoms with Gasteiger partial charge in [0.15, 0.2) is 8.24 Å². The molecule has 1 aromatic rings. The maximum absolute atomic E-state index is 12.4. The Labute approximate surface area is 120 Å². The Morgan fingerprint density at radius 1 is 1.15 bits per heavy atom. The first kappa shape index (κ1) is 14.8. The van der Waals surface area contributed by atoms with Gasteiger partial charge in [0, 0.05) is 5.69 Å². The van der Waals surface area contributed by atoms with E-state index in [-0.39, 0.29) is 5.04 Å². The molecule has 0 aliphatic carbocycles. The summed E-state index contributed by atoms with van der Waals surface area (Å²) in [4.78, 5) is 24.6. The van der Waals surface area contributed by atoms with Crippen LogP contribution in [0.5, 0.6) is 5.75 Å². The van der Waals surface area contributed by atoms with Gasteiger partial charge in [0.2, 0.25) is 0 Å². The molecule has 0 aromatic heterocycles. The molecule has 4 nitrogen and oxygen atoms in total. The quantitative estimate of drug-likeness (QED) is 0.621. The number of Topliss-reactive ketones (excluding diaryl/α,β-unsaturated/α-hetero) is 1. The smallest absolute Gasteiger partial charge is 0.291 e. The van der Waals surface area contributed by atoms with Crippen molar-refractivity contribution in [3.05, 3.63) is 23.8 Å². The fourth-order valence-electron chi connectivity index (χ4n) is 2.24. The van der Waals surface area contributed by atoms with E-state index in [1.54, 1.807) is 23.8 Å². The zero-order chi connectivity index (χ0) is 15.3. The first-order valence-corrected chi connectivity index (χ1v) is 9.63. The van der Waals surface area contributed by atoms with Crippen LogP contribution in [-0.4, -0.2) is 27.0 Å². The van der Waals surface area contributed by atoms with Crippen LogP contribution < -0.4 is 9.30 Å². The van der Waals surface area contributed by atoms with Crippen LogP contribution in [0, 0.1) is 0 Å². The topological polar surface area (TPSA) is 46.6 Å². The summed E-state index contributed by atoms with van der Waals surface area (Å²) in [6.07, 6.45) is 0. The molecular formula is C15H21NO3Si. The lowest BCUT2D eigenvalue weighted by Gasteiger charge is -2.43. The first-order valence-electron chi connectivity index (χ1n) is 6.68. The van der Waals surface area contributed by atoms with E-state index in [4.69, 9.17) is 4.74 Å². The Bertz CT molecular complexity index is 587. The zero-order valence-electron chi connectivity index (χ0n) is 12.9. The Hall–Kier alpha value is -1.62. The molecule has 20 heavy (non-hydrogen) atoms. The molecule has 1 aromatic carbocycles. The van der Waals surface area contributed by atoms with Gasteiger partial charge in [-0.2, -0.15) is 0 Å². The number of carbonyl (C=O) groups is 2. The molecule has 0 radical (unpaired) electrons. The number of hydrogen-bond acceptors (Lipinski definition) is 3. The molecule has 1 heterocycles. The van der Waals surface area contributed by atoms with E-state index in [1.165, 1.54) is 0 Å². The summed E-state index contributed by atoms with van der Waals surface area (Å²) in [5, 5.41) is -0.0233. The second-order valence-corrected chi connectivity index (χ2v) is 11.7. The van der Waals surface area contributed by atoms with Crippen molar-refractivity contribution in [1.82, 2.24) is 0 Å². The van der Waals surface area contributed by atoms with Gasteiger partial charge < -0.3 is 9.30 Å². The Balaban J connectivity index is 2.60. The van der Waals surface area contributed by atoms with Crippen LogP contribution >= 0.6 is 0 Å². The molecule has 2 rings (SSSR count). The number of ketones is 1. The van der Waals surface area contributed by atoms with E-state index >= 15 is 0 Å². The van der Waals surface area contributed by atoms with E-state index in [0.29, 0.717) is 11.3 Å². The third kappa shape index (κ3) is 1.97. The second kappa shape index (κ2) is 4.45. The zero-order valence-corrected chi connectivity index (χ0v) is 13.9. The molecule has 0 unspecified atom stereocenters. The van der Waals surface area contributed by atoms with Crippen LogP contribution in [0.25, 0.3) is 0 Å². The van der Waals surface area contributed by atoms with E-state index in [9.17, 15) is 9.59 Å². The fourth-order valence-corrected chi connectivity index (χ4v) is 4.31. The predicted octanol–water partition coefficient (Wildman–Crippen LogP) is 3.23. The van der Waals surface area contributed by atoms with Gasteiger partial charge in [-0.15, -0.1) is 0 Å². The fraction of sp³-hybridized carbons (Fsp3) is 0.467. The Morgan fingerprint density at radius 2 is 1.75 bits per heavy atom. The highest BCUT2D eigenvalue weighted by Gasteiger charge is 2.50. The standard InChI is InChI=1S/C15H21NO3Si/c1-15(2,3)20(5,6)16-12-8-7-10(19-4)9-11(12)13(17)14(16)18/h7-9H,1-6H3. The monoisotopic (exact) mass is 291 g/mol. The molecule has 1 aliphatic rings. The van der Waals surface area contributed by atoms with Gasteiger partial charge in [-0.25, -0.2) is 0 Å². The van der Waals surface area contributed by atoms with Crippen LogP contribution in [0.15, 0.2) is 18.2 Å². The first-order chi connectivity index (χ1) is 9.11. The van der Waals surface area contributed by atoms with Crippen molar-refractivity contribution in [1.29, 1.82) is 0 Å². The highest BCUT2D eigenvalue weighted by Crippen LogP contribution is 2.44. The van der Waals surface area contributed by atoms with Crippen LogP contribution in [0.4, 0.5) is 5.69 Å². The highest BCUT2D eigenvalue weighted by atomic mass is 28.3. The summed E-state index contributed by atoms with van der Waals surface area (Å²) in [6.45, 7) is 10.6. The number of nitrogens with zero attached hydrogens (tertiary/aromatic N) is 1. The van der Waals surface area contributed by atoms with Crippen molar-refractivity contribution in [3.8, 4) is 5.75 Å². The average molecular weight is 291 g/mol. The number of benzene rings is 1. The van der Waals surface area contributed by atoms with E-state index < -0.39 is 19.9 Å². The molecule has 108 valence electrons. The van der Waals surface area contributed by atoms with E-state index in [1.807, 2.05) is 6.07 Å². The maximum atomic E-state index is 12.4. The van der Waals surface area contributed by atoms with Gasteiger partial charge >= 0.3 is 0 Å². The molecule has 0 atom stereocenters. The lowest BCUT2D eigenvalue weighted by molar-refractivity contribution is -0.113. The van der Waals surface area contributed by atoms with Gasteiger partial charge in [-0.05, 0) is 23.2 Å². The number of amides is 1. The summed E-state index contributed by atoms with van der Waals surface area (Å²) in [6, 6.07) is 5.27. The molecule has 1 aliphatic heterocycles. The molecule has 0 saturated heterocycles. The number of ether oxygens (including phenoxy) is 1. The van der Waals surface area contributed by atoms with Gasteiger partial charge in [-0.1, -0.05) is 33.9 Å². The van der Waals surface area contributed by atoms with Gasteiger partial charge in [-0.3, -0.25) is 9.59 Å². The minimum absolute atomic E-state index is 0.0233. The lowest BCUT2D eigenvalue weighted by atomic mass is 10.1. The summed E-state index contributed by atoms with van der Waals surface area (Å²) in [7, 11) is -0.583. The molecule has 1 amide bonds. The van der Waals surface area contributed by atoms with E-state index in [2.05, 4.69) is 33.9 Å². The third-order valence-corrected chi connectivity index (χ3v) is 9.71. The van der Waals surface area contributed by atoms with Crippen LogP contribution in [0.3, 0.4) is 0 Å². The molecule has 0 saturated carbocycles. The largest absolute Gasteiger partial charge is 0.497 e. The minimum atomic E-state index is -2.13. The van der Waals surface area contributed by atoms with Gasteiger partial charge in [0.25, 0.3) is 11.7 Å². The molecule has 0 spiro atoms. The van der Waals surface area contributed by atoms with Crippen LogP contribution in [-0.2, 0) is 4.79 Å². The SMILES string of the molecule is COc1ccc2c(c1)C(=O)C(=O)N2[Si](C)(C)C(C)(C)C. The van der Waals surface area contributed by atoms with Crippen molar-refractivity contribution >= 4 is 25.6 Å². The average Bonchev–Trinajstić information content (AvgIpc) is 2.60. The molecule has 0 N–H and O–H groups in total. The maximum Gasteiger partial charge on any atom is 0.291 e. The molecule has 0 bridgehead atoms. The van der Waals surface area contributed by atoms with Crippen molar-refractivity contribution in [2.75, 3.05) is 11.7 Å². The summed E-state index contributed by atoms with van der Waals surface area (Å²) in [5.41, 5.74) is 1.19. The minimum Gasteiger partial charge on any atom is -0.497 e. The van der Waals surface area contributed by atoms with Crippen molar-refractivity contribution < 1.29 is 14.3 Å². The normalized spacial score (nSPS) is 15.6. The Morgan fingerprint density at radius 3 is 2.25 bits per heavy atom. The summed E-state index contributed by atoms with van der Waals surface area (Å²) in [5.74, 6) is -0.231. The van der Waals surface area contributed by atoms with Crippen molar-refractivity contribution in [2.45, 2.75) is 38.9 Å². The lowest BCUT2D eigenvalue weighted by Crippen LogP contribution is -2.57. The second-order valence-electron chi connectivity index (χ2n) is 6.66. The van der Waals surface area contributed by atoms with E-state index in [0.717, 1.165) is 5.69 Å². The summed E-state index contributed by atoms with van der Waals surface area (Å²) < 4.78 is 6.89. The number of methoxy groups -OCH3 is 1. The van der Waals surface area contributed by atoms with Crippen LogP contribution in [0.1, 0.15) is 31.1 Å². The van der Waals surface area contributed by atoms with Gasteiger partial charge in [0.05, 0.1) is 12.7 Å². The van der Waals surface area contributed by atoms with Crippen molar-refractivity contribution in [3.63, 3.8) is 0 Å². The Kier molecular flexibility index (Phi) is 3.29. The summed E-state index contributed by atoms with van der Waals surface area (Å²) >= 11 is 0. The number of hydrogen-bond donors (Lipinski definition) is 0. The molecule has 0 fully saturated rings. The number of carbonyl (C=O) groups excluding carboxylic acids is 2. The van der Waals surface area contributed by atoms with Crippen LogP contribution in [0.2, 0.25) is 18.1 Å². The highest BCUT2D eigenvalue weighted by molar-refractivity contribution is 6.90. The van der Waals surface area contributed by atoms with Gasteiger partial charge in [0.1, 0.15) is 5.75 Å².